The highest BCUT2D eigenvalue weighted by molar-refractivity contribution is 8.13. The molecule has 0 aliphatic carbocycles. The van der Waals surface area contributed by atoms with Crippen molar-refractivity contribution >= 4 is 33.3 Å². The Morgan fingerprint density at radius 2 is 1.42 bits per heavy atom. The molecule has 1 N–H and O–H groups in total. The number of hydrogen-bond acceptors (Lipinski definition) is 11. The van der Waals surface area contributed by atoms with Crippen LogP contribution >= 0.6 is 20.1 Å². The van der Waals surface area contributed by atoms with Crippen LogP contribution in [-0.2, 0) is 29.1 Å². The highest BCUT2D eigenvalue weighted by Gasteiger charge is 2.51. The SMILES string of the molecule is COc1ccc(C(OC[C@H]2O[C@@H](n3ccc(=O)[nH]c3=O)[C@H](OCSC(C)=O)[C@@H]2OP(CC[Si](C)(C)C)N(C(C)C)C(C)C)(c2ccccc2)c2ccc(OC)cc2)cc1. The van der Waals surface area contributed by atoms with Gasteiger partial charge in [0, 0.05) is 45.5 Å². The number of nitrogens with one attached hydrogen (secondary N) is 1. The lowest BCUT2D eigenvalue weighted by Gasteiger charge is -2.41. The van der Waals surface area contributed by atoms with E-state index in [0.717, 1.165) is 40.7 Å². The van der Waals surface area contributed by atoms with E-state index in [-0.39, 0.29) is 29.7 Å². The van der Waals surface area contributed by atoms with E-state index in [4.69, 9.17) is 28.2 Å². The molecular formula is C44H60N3O9PSSi. The number of benzene rings is 3. The summed E-state index contributed by atoms with van der Waals surface area (Å²) in [6.45, 7) is 17.3. The third-order valence-corrected chi connectivity index (χ3v) is 15.5. The maximum Gasteiger partial charge on any atom is 0.330 e. The number of aromatic nitrogens is 2. The van der Waals surface area contributed by atoms with Crippen molar-refractivity contribution in [2.45, 2.75) is 103 Å². The van der Waals surface area contributed by atoms with Gasteiger partial charge in [-0.1, -0.05) is 92.0 Å². The topological polar surface area (TPSA) is 131 Å². The Bertz CT molecular complexity index is 2000. The maximum absolute atomic E-state index is 13.5. The molecular weight excluding hydrogens is 806 g/mol. The van der Waals surface area contributed by atoms with Gasteiger partial charge in [-0.2, -0.15) is 0 Å². The molecule has 320 valence electrons. The van der Waals surface area contributed by atoms with Gasteiger partial charge < -0.3 is 28.2 Å². The molecule has 4 aromatic rings. The molecule has 15 heteroatoms. The van der Waals surface area contributed by atoms with Crippen molar-refractivity contribution in [3.8, 4) is 11.5 Å². The van der Waals surface area contributed by atoms with Crippen LogP contribution in [0.2, 0.25) is 25.7 Å². The molecule has 0 amide bonds. The van der Waals surface area contributed by atoms with Gasteiger partial charge in [0.15, 0.2) is 11.3 Å². The number of hydrogen-bond donors (Lipinski definition) is 1. The molecule has 1 aromatic heterocycles. The summed E-state index contributed by atoms with van der Waals surface area (Å²) in [5.41, 5.74) is 0.185. The second kappa shape index (κ2) is 20.8. The van der Waals surface area contributed by atoms with E-state index in [9.17, 15) is 14.4 Å². The fourth-order valence-corrected chi connectivity index (χ4v) is 13.2. The first-order chi connectivity index (χ1) is 28.1. The van der Waals surface area contributed by atoms with Gasteiger partial charge in [-0.05, 0) is 68.7 Å². The van der Waals surface area contributed by atoms with Crippen molar-refractivity contribution in [1.29, 1.82) is 0 Å². The third-order valence-electron chi connectivity index (χ3n) is 10.2. The van der Waals surface area contributed by atoms with Crippen molar-refractivity contribution in [1.82, 2.24) is 14.2 Å². The van der Waals surface area contributed by atoms with Crippen LogP contribution in [0.5, 0.6) is 11.5 Å². The Balaban J connectivity index is 1.69. The molecule has 0 spiro atoms. The Hall–Kier alpha value is -3.59. The van der Waals surface area contributed by atoms with E-state index in [1.807, 2.05) is 78.9 Å². The standard InChI is InChI=1S/C44H60N3O9PSSi/c1-30(2)47(31(3)4)57(26-27-59(8,9)10)56-40-38(55-42(41(40)53-29-58-32(5)48)46-25-24-39(49)45-43(46)50)28-54-44(33-14-12-11-13-15-33,34-16-20-36(51-6)21-17-34)35-18-22-37(52-7)23-19-35/h11-25,30-31,38,40-42H,26-29H2,1-10H3,(H,45,49,50)/t38-,40-,41-,42-,57?/m1/s1. The number of carbonyl (C=O) groups is 1. The molecule has 0 bridgehead atoms. The summed E-state index contributed by atoms with van der Waals surface area (Å²) >= 11 is 1.02. The summed E-state index contributed by atoms with van der Waals surface area (Å²) in [4.78, 5) is 40.3. The fraction of sp³-hybridized carbons (Fsp3) is 0.477. The lowest BCUT2D eigenvalue weighted by atomic mass is 9.80. The molecule has 1 fully saturated rings. The average molecular weight is 866 g/mol. The molecule has 1 unspecified atom stereocenters. The average Bonchev–Trinajstić information content (AvgIpc) is 3.53. The lowest BCUT2D eigenvalue weighted by Crippen LogP contribution is -2.44. The summed E-state index contributed by atoms with van der Waals surface area (Å²) in [5.74, 6) is 1.39. The van der Waals surface area contributed by atoms with Gasteiger partial charge in [-0.25, -0.2) is 4.79 Å². The zero-order valence-electron chi connectivity index (χ0n) is 35.9. The summed E-state index contributed by atoms with van der Waals surface area (Å²) in [5, 5.41) is -0.117. The molecule has 1 aliphatic heterocycles. The summed E-state index contributed by atoms with van der Waals surface area (Å²) in [6, 6.07) is 28.2. The number of nitrogens with zero attached hydrogens (tertiary/aromatic N) is 2. The second-order valence-corrected chi connectivity index (χ2v) is 24.9. The van der Waals surface area contributed by atoms with E-state index >= 15 is 0 Å². The Morgan fingerprint density at radius 3 is 1.92 bits per heavy atom. The highest BCUT2D eigenvalue weighted by Crippen LogP contribution is 2.51. The van der Waals surface area contributed by atoms with E-state index < -0.39 is 57.8 Å². The monoisotopic (exact) mass is 865 g/mol. The molecule has 1 aliphatic rings. The highest BCUT2D eigenvalue weighted by atomic mass is 32.2. The summed E-state index contributed by atoms with van der Waals surface area (Å²) in [6.07, 6.45) is -1.21. The Morgan fingerprint density at radius 1 is 0.864 bits per heavy atom. The van der Waals surface area contributed by atoms with E-state index in [1.54, 1.807) is 14.2 Å². The smallest absolute Gasteiger partial charge is 0.330 e. The molecule has 12 nitrogen and oxygen atoms in total. The van der Waals surface area contributed by atoms with Crippen molar-refractivity contribution in [3.05, 3.63) is 129 Å². The predicted molar refractivity (Wildman–Crippen MR) is 238 cm³/mol. The lowest BCUT2D eigenvalue weighted by molar-refractivity contribution is -0.109. The van der Waals surface area contributed by atoms with Gasteiger partial charge in [-0.15, -0.1) is 0 Å². The first kappa shape index (κ1) is 46.5. The van der Waals surface area contributed by atoms with Gasteiger partial charge >= 0.3 is 5.69 Å². The van der Waals surface area contributed by atoms with E-state index in [1.165, 1.54) is 23.8 Å². The number of carbonyl (C=O) groups excluding carboxylic acids is 1. The predicted octanol–water partition coefficient (Wildman–Crippen LogP) is 8.24. The number of aromatic amines is 1. The van der Waals surface area contributed by atoms with Crippen molar-refractivity contribution in [3.63, 3.8) is 0 Å². The van der Waals surface area contributed by atoms with Crippen LogP contribution in [-0.4, -0.2) is 90.7 Å². The van der Waals surface area contributed by atoms with Gasteiger partial charge in [0.2, 0.25) is 0 Å². The molecule has 0 saturated carbocycles. The van der Waals surface area contributed by atoms with Crippen molar-refractivity contribution in [2.24, 2.45) is 0 Å². The molecule has 1 saturated heterocycles. The first-order valence-corrected chi connectivity index (χ1v) is 26.1. The minimum Gasteiger partial charge on any atom is -0.497 e. The van der Waals surface area contributed by atoms with Gasteiger partial charge in [0.05, 0.1) is 20.8 Å². The van der Waals surface area contributed by atoms with Crippen LogP contribution in [0.25, 0.3) is 0 Å². The Labute approximate surface area is 354 Å². The molecule has 59 heavy (non-hydrogen) atoms. The quantitative estimate of drug-likeness (QED) is 0.0399. The number of rotatable bonds is 20. The Kier molecular flexibility index (Phi) is 16.4. The largest absolute Gasteiger partial charge is 0.497 e. The molecule has 0 radical (unpaired) electrons. The third kappa shape index (κ3) is 11.6. The first-order valence-electron chi connectivity index (χ1n) is 20.0. The number of thioether (sulfide) groups is 1. The van der Waals surface area contributed by atoms with Crippen molar-refractivity contribution < 1.29 is 33.0 Å². The molecule has 5 atom stereocenters. The van der Waals surface area contributed by atoms with Gasteiger partial charge in [-0.3, -0.25) is 23.8 Å². The molecule has 3 aromatic carbocycles. The van der Waals surface area contributed by atoms with Gasteiger partial charge in [0.25, 0.3) is 5.56 Å². The van der Waals surface area contributed by atoms with E-state index in [0.29, 0.717) is 11.5 Å². The molecule has 2 heterocycles. The second-order valence-electron chi connectivity index (χ2n) is 16.3. The zero-order valence-corrected chi connectivity index (χ0v) is 38.6. The summed E-state index contributed by atoms with van der Waals surface area (Å²) < 4.78 is 43.1. The van der Waals surface area contributed by atoms with Crippen LogP contribution in [0, 0.1) is 0 Å². The normalized spacial score (nSPS) is 19.1. The maximum atomic E-state index is 13.5. The summed E-state index contributed by atoms with van der Waals surface area (Å²) in [7, 11) is 0.508. The zero-order chi connectivity index (χ0) is 42.9. The van der Waals surface area contributed by atoms with Crippen LogP contribution in [0.4, 0.5) is 0 Å². The number of H-pyrrole nitrogens is 1. The van der Waals surface area contributed by atoms with Crippen LogP contribution in [0.3, 0.4) is 0 Å². The minimum absolute atomic E-state index is 0.00194. The van der Waals surface area contributed by atoms with Crippen molar-refractivity contribution in [2.75, 3.05) is 32.9 Å². The van der Waals surface area contributed by atoms with Crippen LogP contribution in [0.1, 0.15) is 57.5 Å². The minimum atomic E-state index is -1.52. The molecule has 5 rings (SSSR count). The van der Waals surface area contributed by atoms with E-state index in [2.05, 4.69) is 57.0 Å². The van der Waals surface area contributed by atoms with Gasteiger partial charge in [0.1, 0.15) is 49.7 Å². The van der Waals surface area contributed by atoms with Crippen LogP contribution < -0.4 is 20.7 Å². The number of ether oxygens (including phenoxy) is 5. The number of methoxy groups -OCH3 is 2. The van der Waals surface area contributed by atoms with Crippen LogP contribution in [0.15, 0.2) is 101 Å². The fourth-order valence-electron chi connectivity index (χ4n) is 7.38.